The van der Waals surface area contributed by atoms with Crippen molar-refractivity contribution in [1.82, 2.24) is 20.5 Å². The van der Waals surface area contributed by atoms with Crippen LogP contribution in [0.25, 0.3) is 10.9 Å². The number of fused-ring (bicyclic) bond motifs is 1. The minimum atomic E-state index is -0.282. The summed E-state index contributed by atoms with van der Waals surface area (Å²) in [6.45, 7) is 5.84. The Morgan fingerprint density at radius 3 is 2.59 bits per heavy atom. The highest BCUT2D eigenvalue weighted by molar-refractivity contribution is 5.80. The number of aryl methyl sites for hydroxylation is 1. The molecule has 0 saturated carbocycles. The lowest BCUT2D eigenvalue weighted by molar-refractivity contribution is 0.222. The summed E-state index contributed by atoms with van der Waals surface area (Å²) >= 11 is 0. The lowest BCUT2D eigenvalue weighted by atomic mass is 9.97. The molecule has 0 aliphatic carbocycles. The van der Waals surface area contributed by atoms with Gasteiger partial charge in [-0.15, -0.1) is 0 Å². The molecule has 2 aromatic carbocycles. The van der Waals surface area contributed by atoms with E-state index in [1.54, 1.807) is 6.92 Å². The van der Waals surface area contributed by atoms with Crippen molar-refractivity contribution >= 4 is 16.9 Å². The van der Waals surface area contributed by atoms with Gasteiger partial charge in [0, 0.05) is 17.6 Å². The molecule has 4 rings (SSSR count). The van der Waals surface area contributed by atoms with Gasteiger partial charge in [-0.2, -0.15) is 0 Å². The van der Waals surface area contributed by atoms with Crippen LogP contribution in [0.4, 0.5) is 4.79 Å². The van der Waals surface area contributed by atoms with Gasteiger partial charge in [-0.05, 0) is 80.5 Å². The molecule has 6 heteroatoms. The molecule has 2 heterocycles. The second-order valence-corrected chi connectivity index (χ2v) is 8.63. The van der Waals surface area contributed by atoms with Gasteiger partial charge in [-0.1, -0.05) is 42.8 Å². The molecule has 1 atom stereocenters. The van der Waals surface area contributed by atoms with Crippen LogP contribution in [0.15, 0.2) is 59.4 Å². The Labute approximate surface area is 189 Å². The van der Waals surface area contributed by atoms with Gasteiger partial charge in [0.05, 0.1) is 6.04 Å². The summed E-state index contributed by atoms with van der Waals surface area (Å²) in [6, 6.07) is 17.3. The van der Waals surface area contributed by atoms with Crippen LogP contribution < -0.4 is 16.2 Å². The fourth-order valence-corrected chi connectivity index (χ4v) is 4.39. The molecule has 3 aromatic rings. The summed E-state index contributed by atoms with van der Waals surface area (Å²) in [5.41, 5.74) is 3.37. The molecule has 1 aliphatic heterocycles. The predicted molar refractivity (Wildman–Crippen MR) is 129 cm³/mol. The molecular weight excluding hydrogens is 400 g/mol. The third-order valence-electron chi connectivity index (χ3n) is 6.18. The van der Waals surface area contributed by atoms with Crippen LogP contribution in [-0.4, -0.2) is 42.1 Å². The molecule has 1 aliphatic rings. The molecule has 2 amide bonds. The summed E-state index contributed by atoms with van der Waals surface area (Å²) in [4.78, 5) is 30.0. The number of urea groups is 1. The predicted octanol–water partition coefficient (Wildman–Crippen LogP) is 4.10. The Morgan fingerprint density at radius 2 is 1.81 bits per heavy atom. The molecule has 1 aromatic heterocycles. The topological polar surface area (TPSA) is 77.2 Å². The molecule has 1 saturated heterocycles. The van der Waals surface area contributed by atoms with Gasteiger partial charge in [0.2, 0.25) is 0 Å². The number of hydrogen-bond donors (Lipinski definition) is 3. The van der Waals surface area contributed by atoms with E-state index in [4.69, 9.17) is 0 Å². The highest BCUT2D eigenvalue weighted by Crippen LogP contribution is 2.25. The number of H-pyrrole nitrogens is 1. The number of amides is 2. The number of hydrogen-bond acceptors (Lipinski definition) is 3. The molecule has 0 bridgehead atoms. The van der Waals surface area contributed by atoms with Crippen molar-refractivity contribution in [3.63, 3.8) is 0 Å². The fraction of sp³-hybridized carbons (Fsp3) is 0.385. The second kappa shape index (κ2) is 10.5. The molecule has 1 fully saturated rings. The maximum absolute atomic E-state index is 12.7. The molecule has 168 valence electrons. The summed E-state index contributed by atoms with van der Waals surface area (Å²) in [6.07, 6.45) is 4.85. The number of aromatic amines is 1. The zero-order chi connectivity index (χ0) is 22.3. The lowest BCUT2D eigenvalue weighted by Crippen LogP contribution is -2.40. The monoisotopic (exact) mass is 432 g/mol. The maximum atomic E-state index is 12.7. The van der Waals surface area contributed by atoms with Crippen molar-refractivity contribution in [2.24, 2.45) is 0 Å². The molecule has 3 N–H and O–H groups in total. The average Bonchev–Trinajstić information content (AvgIpc) is 2.82. The van der Waals surface area contributed by atoms with E-state index in [2.05, 4.69) is 20.5 Å². The van der Waals surface area contributed by atoms with Gasteiger partial charge >= 0.3 is 6.03 Å². The van der Waals surface area contributed by atoms with E-state index < -0.39 is 0 Å². The number of pyridine rings is 1. The minimum Gasteiger partial charge on any atom is -0.338 e. The molecule has 1 unspecified atom stereocenters. The Kier molecular flexibility index (Phi) is 7.22. The van der Waals surface area contributed by atoms with E-state index >= 15 is 0 Å². The number of benzene rings is 2. The quantitative estimate of drug-likeness (QED) is 0.492. The third-order valence-corrected chi connectivity index (χ3v) is 6.18. The highest BCUT2D eigenvalue weighted by atomic mass is 16.2. The summed E-state index contributed by atoms with van der Waals surface area (Å²) in [7, 11) is 0. The molecule has 32 heavy (non-hydrogen) atoms. The number of nitrogens with zero attached hydrogens (tertiary/aromatic N) is 1. The van der Waals surface area contributed by atoms with Crippen molar-refractivity contribution in [1.29, 1.82) is 0 Å². The normalized spacial score (nSPS) is 15.4. The van der Waals surface area contributed by atoms with E-state index in [1.807, 2.05) is 54.6 Å². The number of piperidine rings is 1. The van der Waals surface area contributed by atoms with Gasteiger partial charge in [0.15, 0.2) is 0 Å². The van der Waals surface area contributed by atoms with Crippen molar-refractivity contribution in [2.45, 2.75) is 38.6 Å². The van der Waals surface area contributed by atoms with Gasteiger partial charge < -0.3 is 20.5 Å². The SMILES string of the molecule is Cc1cc2cc(C(NC(=O)NCCCN3CCCCC3)c3ccccc3)ccc2[nH]c1=O. The van der Waals surface area contributed by atoms with Crippen molar-refractivity contribution < 1.29 is 4.79 Å². The number of carbonyl (C=O) groups excluding carboxylic acids is 1. The van der Waals surface area contributed by atoms with E-state index in [0.717, 1.165) is 35.0 Å². The van der Waals surface area contributed by atoms with Gasteiger partial charge in [-0.3, -0.25) is 4.79 Å². The van der Waals surface area contributed by atoms with E-state index in [0.29, 0.717) is 12.1 Å². The van der Waals surface area contributed by atoms with Gasteiger partial charge in [0.25, 0.3) is 5.56 Å². The fourth-order valence-electron chi connectivity index (χ4n) is 4.39. The highest BCUT2D eigenvalue weighted by Gasteiger charge is 2.17. The van der Waals surface area contributed by atoms with Crippen molar-refractivity contribution in [3.05, 3.63) is 81.6 Å². The number of carbonyl (C=O) groups is 1. The number of rotatable bonds is 7. The Balaban J connectivity index is 1.45. The van der Waals surface area contributed by atoms with Crippen LogP contribution in [0.1, 0.15) is 48.4 Å². The van der Waals surface area contributed by atoms with Crippen LogP contribution in [0, 0.1) is 6.92 Å². The first-order valence-electron chi connectivity index (χ1n) is 11.6. The average molecular weight is 433 g/mol. The number of likely N-dealkylation sites (tertiary alicyclic amines) is 1. The lowest BCUT2D eigenvalue weighted by Gasteiger charge is -2.26. The second-order valence-electron chi connectivity index (χ2n) is 8.63. The smallest absolute Gasteiger partial charge is 0.315 e. The third kappa shape index (κ3) is 5.56. The first-order valence-corrected chi connectivity index (χ1v) is 11.6. The summed E-state index contributed by atoms with van der Waals surface area (Å²) < 4.78 is 0. The standard InChI is InChI=1S/C26H32N4O2/c1-19-17-22-18-21(11-12-23(22)28-25(19)31)24(20-9-4-2-5-10-20)29-26(32)27-13-8-16-30-14-6-3-7-15-30/h2,4-5,9-12,17-18,24H,3,6-8,13-16H2,1H3,(H,28,31)(H2,27,29,32). The van der Waals surface area contributed by atoms with Gasteiger partial charge in [-0.25, -0.2) is 4.79 Å². The van der Waals surface area contributed by atoms with Crippen LogP contribution >= 0.6 is 0 Å². The van der Waals surface area contributed by atoms with Crippen molar-refractivity contribution in [2.75, 3.05) is 26.2 Å². The Hall–Kier alpha value is -3.12. The molecular formula is C26H32N4O2. The van der Waals surface area contributed by atoms with Crippen LogP contribution in [0.3, 0.4) is 0 Å². The van der Waals surface area contributed by atoms with Crippen LogP contribution in [-0.2, 0) is 0 Å². The number of nitrogens with one attached hydrogen (secondary N) is 3. The van der Waals surface area contributed by atoms with Gasteiger partial charge in [0.1, 0.15) is 0 Å². The van der Waals surface area contributed by atoms with Crippen LogP contribution in [0.5, 0.6) is 0 Å². The molecule has 0 spiro atoms. The van der Waals surface area contributed by atoms with E-state index in [1.165, 1.54) is 32.4 Å². The minimum absolute atomic E-state index is 0.0769. The van der Waals surface area contributed by atoms with E-state index in [-0.39, 0.29) is 17.6 Å². The maximum Gasteiger partial charge on any atom is 0.315 e. The molecule has 6 nitrogen and oxygen atoms in total. The van der Waals surface area contributed by atoms with Crippen LogP contribution in [0.2, 0.25) is 0 Å². The van der Waals surface area contributed by atoms with Crippen molar-refractivity contribution in [3.8, 4) is 0 Å². The zero-order valence-corrected chi connectivity index (χ0v) is 18.7. The first kappa shape index (κ1) is 22.1. The largest absolute Gasteiger partial charge is 0.338 e. The first-order chi connectivity index (χ1) is 15.6. The molecule has 0 radical (unpaired) electrons. The summed E-state index contributed by atoms with van der Waals surface area (Å²) in [5.74, 6) is 0. The van der Waals surface area contributed by atoms with E-state index in [9.17, 15) is 9.59 Å². The Bertz CT molecular complexity index is 1100. The summed E-state index contributed by atoms with van der Waals surface area (Å²) in [5, 5.41) is 7.11. The zero-order valence-electron chi connectivity index (χ0n) is 18.7. The Morgan fingerprint density at radius 1 is 1.03 bits per heavy atom. The number of aromatic nitrogens is 1.